The first-order valence-electron chi connectivity index (χ1n) is 11.3. The number of nitrogens with zero attached hydrogens (tertiary/aromatic N) is 4. The minimum absolute atomic E-state index is 0.148. The highest BCUT2D eigenvalue weighted by Crippen LogP contribution is 2.27. The summed E-state index contributed by atoms with van der Waals surface area (Å²) < 4.78 is 7.52. The Labute approximate surface area is 204 Å². The zero-order valence-corrected chi connectivity index (χ0v) is 20.7. The third-order valence-corrected chi connectivity index (χ3v) is 6.19. The molecule has 4 aromatic rings. The largest absolute Gasteiger partial charge is 0.416 e. The molecule has 2 aromatic heterocycles. The van der Waals surface area contributed by atoms with Crippen LogP contribution in [0.5, 0.6) is 0 Å². The molecule has 0 fully saturated rings. The lowest BCUT2D eigenvalue weighted by molar-refractivity contribution is -0.113. The average molecular weight is 476 g/mol. The van der Waals surface area contributed by atoms with Crippen LogP contribution in [0.3, 0.4) is 0 Å². The molecule has 0 saturated heterocycles. The van der Waals surface area contributed by atoms with Crippen molar-refractivity contribution in [3.8, 4) is 5.69 Å². The lowest BCUT2D eigenvalue weighted by Gasteiger charge is -2.14. The second-order valence-corrected chi connectivity index (χ2v) is 10.2. The van der Waals surface area contributed by atoms with E-state index in [0.29, 0.717) is 23.4 Å². The maximum absolute atomic E-state index is 12.7. The predicted octanol–water partition coefficient (Wildman–Crippen LogP) is 5.63. The summed E-state index contributed by atoms with van der Waals surface area (Å²) >= 11 is 1.22. The van der Waals surface area contributed by atoms with Crippen LogP contribution in [0.4, 0.5) is 5.82 Å². The van der Waals surface area contributed by atoms with Gasteiger partial charge < -0.3 is 9.73 Å². The van der Waals surface area contributed by atoms with Gasteiger partial charge in [-0.3, -0.25) is 4.79 Å². The Balaban J connectivity index is 1.39. The summed E-state index contributed by atoms with van der Waals surface area (Å²) in [6.07, 6.45) is 0.648. The summed E-state index contributed by atoms with van der Waals surface area (Å²) in [5.74, 6) is 1.44. The summed E-state index contributed by atoms with van der Waals surface area (Å²) in [7, 11) is 0. The van der Waals surface area contributed by atoms with Crippen molar-refractivity contribution in [2.45, 2.75) is 50.7 Å². The standard InChI is InChI=1S/C26H29N5O2S/c1-18(19-11-7-5-8-12-19)15-24-28-29-25(33-24)34-17-23(32)27-22-16-21(26(2,3)4)30-31(22)20-13-9-6-10-14-20/h5-14,16,18H,15,17H2,1-4H3,(H,27,32). The number of anilines is 1. The normalized spacial score (nSPS) is 12.5. The number of amides is 1. The molecule has 4 rings (SSSR count). The molecule has 0 bridgehead atoms. The van der Waals surface area contributed by atoms with Gasteiger partial charge >= 0.3 is 0 Å². The van der Waals surface area contributed by atoms with Crippen LogP contribution >= 0.6 is 11.8 Å². The molecule has 1 N–H and O–H groups in total. The Hall–Kier alpha value is -3.39. The Morgan fingerprint density at radius 3 is 2.41 bits per heavy atom. The summed E-state index contributed by atoms with van der Waals surface area (Å²) in [6, 6.07) is 21.9. The number of thioether (sulfide) groups is 1. The molecule has 7 nitrogen and oxygen atoms in total. The fourth-order valence-electron chi connectivity index (χ4n) is 3.45. The fraction of sp³-hybridized carbons (Fsp3) is 0.308. The second kappa shape index (κ2) is 10.3. The van der Waals surface area contributed by atoms with Crippen LogP contribution in [0.25, 0.3) is 5.69 Å². The van der Waals surface area contributed by atoms with Gasteiger partial charge in [0.05, 0.1) is 17.1 Å². The molecular weight excluding hydrogens is 446 g/mol. The second-order valence-electron chi connectivity index (χ2n) is 9.23. The van der Waals surface area contributed by atoms with Gasteiger partial charge in [0.2, 0.25) is 11.8 Å². The SMILES string of the molecule is CC(Cc1nnc(SCC(=O)Nc2cc(C(C)(C)C)nn2-c2ccccc2)o1)c1ccccc1. The molecule has 8 heteroatoms. The van der Waals surface area contributed by atoms with Gasteiger partial charge in [0, 0.05) is 17.9 Å². The topological polar surface area (TPSA) is 85.8 Å². The summed E-state index contributed by atoms with van der Waals surface area (Å²) in [4.78, 5) is 12.7. The summed E-state index contributed by atoms with van der Waals surface area (Å²) in [5.41, 5.74) is 2.85. The van der Waals surface area contributed by atoms with E-state index in [4.69, 9.17) is 9.52 Å². The van der Waals surface area contributed by atoms with Gasteiger partial charge in [-0.25, -0.2) is 4.68 Å². The Morgan fingerprint density at radius 1 is 1.06 bits per heavy atom. The molecule has 1 unspecified atom stereocenters. The van der Waals surface area contributed by atoms with Gasteiger partial charge in [-0.15, -0.1) is 10.2 Å². The number of rotatable bonds is 8. The Bertz CT molecular complexity index is 1230. The number of hydrogen-bond donors (Lipinski definition) is 1. The lowest BCUT2D eigenvalue weighted by Crippen LogP contribution is -2.17. The highest BCUT2D eigenvalue weighted by Gasteiger charge is 2.22. The number of carbonyl (C=O) groups excluding carboxylic acids is 1. The zero-order chi connectivity index (χ0) is 24.1. The van der Waals surface area contributed by atoms with Crippen molar-refractivity contribution in [2.24, 2.45) is 0 Å². The van der Waals surface area contributed by atoms with Crippen molar-refractivity contribution in [3.05, 3.63) is 83.9 Å². The van der Waals surface area contributed by atoms with Crippen LogP contribution < -0.4 is 5.32 Å². The highest BCUT2D eigenvalue weighted by atomic mass is 32.2. The molecule has 176 valence electrons. The smallest absolute Gasteiger partial charge is 0.277 e. The molecule has 0 radical (unpaired) electrons. The van der Waals surface area contributed by atoms with E-state index in [-0.39, 0.29) is 23.0 Å². The van der Waals surface area contributed by atoms with Crippen molar-refractivity contribution in [3.63, 3.8) is 0 Å². The van der Waals surface area contributed by atoms with E-state index in [1.54, 1.807) is 4.68 Å². The molecular formula is C26H29N5O2S. The molecule has 1 atom stereocenters. The first-order valence-corrected chi connectivity index (χ1v) is 12.2. The van der Waals surface area contributed by atoms with Crippen LogP contribution in [0.15, 0.2) is 76.4 Å². The van der Waals surface area contributed by atoms with Crippen molar-refractivity contribution in [2.75, 3.05) is 11.1 Å². The first kappa shape index (κ1) is 23.8. The van der Waals surface area contributed by atoms with Crippen molar-refractivity contribution in [1.29, 1.82) is 0 Å². The van der Waals surface area contributed by atoms with Crippen molar-refractivity contribution in [1.82, 2.24) is 20.0 Å². The molecule has 0 aliphatic carbocycles. The monoisotopic (exact) mass is 475 g/mol. The van der Waals surface area contributed by atoms with Crippen LogP contribution in [0.1, 0.15) is 50.8 Å². The lowest BCUT2D eigenvalue weighted by atomic mass is 9.92. The number of benzene rings is 2. The predicted molar refractivity (Wildman–Crippen MR) is 134 cm³/mol. The maximum Gasteiger partial charge on any atom is 0.277 e. The van der Waals surface area contributed by atoms with Crippen LogP contribution in [0, 0.1) is 0 Å². The highest BCUT2D eigenvalue weighted by molar-refractivity contribution is 7.99. The first-order chi connectivity index (χ1) is 16.3. The number of carbonyl (C=O) groups is 1. The Kier molecular flexibility index (Phi) is 7.17. The van der Waals surface area contributed by atoms with E-state index in [0.717, 1.165) is 11.4 Å². The third-order valence-electron chi connectivity index (χ3n) is 5.37. The van der Waals surface area contributed by atoms with Gasteiger partial charge in [0.25, 0.3) is 5.22 Å². The molecule has 0 aliphatic rings. The fourth-order valence-corrected chi connectivity index (χ4v) is 4.03. The van der Waals surface area contributed by atoms with Gasteiger partial charge in [0.1, 0.15) is 5.82 Å². The van der Waals surface area contributed by atoms with Gasteiger partial charge in [-0.2, -0.15) is 5.10 Å². The molecule has 0 saturated carbocycles. The van der Waals surface area contributed by atoms with E-state index in [9.17, 15) is 4.79 Å². The molecule has 0 spiro atoms. The van der Waals surface area contributed by atoms with Crippen molar-refractivity contribution < 1.29 is 9.21 Å². The Morgan fingerprint density at radius 2 is 1.74 bits per heavy atom. The number of para-hydroxylation sites is 1. The van der Waals surface area contributed by atoms with Crippen molar-refractivity contribution >= 4 is 23.5 Å². The van der Waals surface area contributed by atoms with E-state index < -0.39 is 0 Å². The van der Waals surface area contributed by atoms with E-state index in [1.807, 2.05) is 54.6 Å². The number of nitrogens with one attached hydrogen (secondary N) is 1. The molecule has 0 aliphatic heterocycles. The molecule has 2 aromatic carbocycles. The van der Waals surface area contributed by atoms with Crippen LogP contribution in [-0.2, 0) is 16.6 Å². The van der Waals surface area contributed by atoms with Gasteiger partial charge in [0.15, 0.2) is 0 Å². The van der Waals surface area contributed by atoms with E-state index in [2.05, 4.69) is 55.3 Å². The maximum atomic E-state index is 12.7. The van der Waals surface area contributed by atoms with Gasteiger partial charge in [-0.05, 0) is 23.6 Å². The summed E-state index contributed by atoms with van der Waals surface area (Å²) in [5, 5.41) is 16.3. The van der Waals surface area contributed by atoms with Crippen LogP contribution in [0.2, 0.25) is 0 Å². The van der Waals surface area contributed by atoms with Crippen LogP contribution in [-0.4, -0.2) is 31.6 Å². The average Bonchev–Trinajstić information content (AvgIpc) is 3.46. The zero-order valence-electron chi connectivity index (χ0n) is 19.9. The molecule has 1 amide bonds. The quantitative estimate of drug-likeness (QED) is 0.332. The minimum Gasteiger partial charge on any atom is -0.416 e. The molecule has 2 heterocycles. The summed E-state index contributed by atoms with van der Waals surface area (Å²) in [6.45, 7) is 8.41. The number of aromatic nitrogens is 4. The molecule has 34 heavy (non-hydrogen) atoms. The number of hydrogen-bond acceptors (Lipinski definition) is 6. The van der Waals surface area contributed by atoms with E-state index in [1.165, 1.54) is 17.3 Å². The van der Waals surface area contributed by atoms with Gasteiger partial charge in [-0.1, -0.05) is 88.0 Å². The minimum atomic E-state index is -0.167. The third kappa shape index (κ3) is 5.94. The van der Waals surface area contributed by atoms with E-state index >= 15 is 0 Å².